The van der Waals surface area contributed by atoms with E-state index in [0.717, 1.165) is 57.8 Å². The first-order valence-corrected chi connectivity index (χ1v) is 37.7. The summed E-state index contributed by atoms with van der Waals surface area (Å²) in [5.74, 6) is -0.929. The summed E-state index contributed by atoms with van der Waals surface area (Å²) in [7, 11) is 1.54. The second kappa shape index (κ2) is 24.1. The molecule has 0 radical (unpaired) electrons. The van der Waals surface area contributed by atoms with Gasteiger partial charge in [0.2, 0.25) is 0 Å². The molecule has 1 aromatic heterocycles. The van der Waals surface area contributed by atoms with Crippen molar-refractivity contribution in [3.05, 3.63) is 250 Å². The molecule has 17 atom stereocenters. The fourth-order valence-corrected chi connectivity index (χ4v) is 24.1. The van der Waals surface area contributed by atoms with Crippen LogP contribution in [-0.2, 0) is 55.1 Å². The Hall–Kier alpha value is -7.93. The summed E-state index contributed by atoms with van der Waals surface area (Å²) < 4.78 is 35.4. The highest BCUT2D eigenvalue weighted by molar-refractivity contribution is 5.91. The zero-order chi connectivity index (χ0) is 67.5. The van der Waals surface area contributed by atoms with Crippen LogP contribution < -0.4 is 10.4 Å². The van der Waals surface area contributed by atoms with Crippen molar-refractivity contribution in [2.45, 2.75) is 181 Å². The van der Waals surface area contributed by atoms with E-state index in [2.05, 4.69) is 140 Å². The van der Waals surface area contributed by atoms with Crippen LogP contribution in [0.15, 0.2) is 160 Å². The lowest BCUT2D eigenvalue weighted by Gasteiger charge is -2.58. The molecule has 17 unspecified atom stereocenters. The van der Waals surface area contributed by atoms with E-state index in [4.69, 9.17) is 23.4 Å². The van der Waals surface area contributed by atoms with Crippen LogP contribution in [0.2, 0.25) is 0 Å². The largest absolute Gasteiger partial charge is 0.482 e. The summed E-state index contributed by atoms with van der Waals surface area (Å²) in [6.07, 6.45) is 25.2. The van der Waals surface area contributed by atoms with E-state index in [9.17, 15) is 15.3 Å². The van der Waals surface area contributed by atoms with Crippen LogP contribution >= 0.6 is 0 Å². The summed E-state index contributed by atoms with van der Waals surface area (Å²) in [6, 6.07) is 43.9. The predicted molar refractivity (Wildman–Crippen MR) is 384 cm³/mol. The molecule has 3 N–H and O–H groups in total. The minimum atomic E-state index is -1.37. The predicted octanol–water partition coefficient (Wildman–Crippen LogP) is 16.3. The Balaban J connectivity index is 0.877. The number of hydrogen-bond acceptors (Lipinski definition) is 11. The monoisotopic (exact) mass is 1330 g/mol. The maximum atomic E-state index is 16.6. The number of carbonyl (C=O) groups is 2. The lowest BCUT2D eigenvalue weighted by molar-refractivity contribution is -0.222. The van der Waals surface area contributed by atoms with Gasteiger partial charge in [0.05, 0.1) is 25.4 Å². The molecule has 27 rings (SSSR count). The normalized spacial score (nSPS) is 33.5. The van der Waals surface area contributed by atoms with Crippen LogP contribution in [-0.4, -0.2) is 65.9 Å². The highest BCUT2D eigenvalue weighted by Crippen LogP contribution is 2.72. The third-order valence-corrected chi connectivity index (χ3v) is 28.1. The summed E-state index contributed by atoms with van der Waals surface area (Å²) in [4.78, 5) is 48.3. The van der Waals surface area contributed by atoms with Gasteiger partial charge in [0.15, 0.2) is 17.8 Å². The van der Waals surface area contributed by atoms with Crippen LogP contribution in [0, 0.1) is 40.9 Å². The Morgan fingerprint density at radius 2 is 1.56 bits per heavy atom. The van der Waals surface area contributed by atoms with E-state index in [1.54, 1.807) is 7.11 Å². The van der Waals surface area contributed by atoms with E-state index in [-0.39, 0.29) is 108 Å². The van der Waals surface area contributed by atoms with Crippen molar-refractivity contribution < 1.29 is 48.3 Å². The first-order chi connectivity index (χ1) is 48.9. The van der Waals surface area contributed by atoms with Gasteiger partial charge in [-0.15, -0.1) is 0 Å². The van der Waals surface area contributed by atoms with E-state index in [0.29, 0.717) is 65.4 Å². The topological polar surface area (TPSA) is 162 Å². The zero-order valence-electron chi connectivity index (χ0n) is 57.5. The number of methoxy groups -OCH3 is 1. The zero-order valence-corrected chi connectivity index (χ0v) is 57.5. The molecule has 1 saturated heterocycles. The van der Waals surface area contributed by atoms with Crippen molar-refractivity contribution in [1.29, 1.82) is 0 Å². The maximum Gasteiger partial charge on any atom is 0.340 e. The van der Waals surface area contributed by atoms with Crippen molar-refractivity contribution in [3.63, 3.8) is 0 Å². The van der Waals surface area contributed by atoms with Crippen LogP contribution in [0.4, 0.5) is 0 Å². The van der Waals surface area contributed by atoms with Gasteiger partial charge in [-0.25, -0.2) is 9.59 Å². The SMILES string of the molecule is COCC(CCO)c1c(CO)c2ccc3c(c2oc1=O)C1OC(=O)CC2CC4C=CC2c2ccc5c(c2)C2CC(Cc6ccc(cc6)Cc6ccc7c(c6)C68c9cccc4c9CCC6CCCC8C=C7)C5CC(=C(C)CO)C(=O)OC1C1(CCCC4(C2)C2C=Cc5ccccc5C2CC41)O3. The Labute approximate surface area is 585 Å². The Morgan fingerprint density at radius 3 is 2.42 bits per heavy atom. The third kappa shape index (κ3) is 9.38. The van der Waals surface area contributed by atoms with Crippen molar-refractivity contribution in [2.75, 3.05) is 26.9 Å². The summed E-state index contributed by atoms with van der Waals surface area (Å²) in [5.41, 5.74) is 16.4. The molecular formula is C89H90O11. The molecule has 6 aromatic carbocycles. The molecule has 512 valence electrons. The van der Waals surface area contributed by atoms with Gasteiger partial charge in [0.25, 0.3) is 0 Å². The quantitative estimate of drug-likeness (QED) is 0.0603. The molecule has 2 spiro atoms. The van der Waals surface area contributed by atoms with E-state index < -0.39 is 53.3 Å². The van der Waals surface area contributed by atoms with E-state index in [1.165, 1.54) is 85.2 Å². The second-order valence-corrected chi connectivity index (χ2v) is 32.5. The van der Waals surface area contributed by atoms with Gasteiger partial charge in [0, 0.05) is 65.7 Å². The molecule has 7 aromatic rings. The fraction of sp³-hybridized carbons (Fsp3) is 0.449. The molecule has 4 aliphatic heterocycles. The minimum absolute atomic E-state index is 0.00583. The van der Waals surface area contributed by atoms with Crippen molar-refractivity contribution >= 4 is 35.1 Å². The van der Waals surface area contributed by atoms with Gasteiger partial charge >= 0.3 is 17.6 Å². The van der Waals surface area contributed by atoms with Crippen LogP contribution in [0.3, 0.4) is 0 Å². The van der Waals surface area contributed by atoms with Gasteiger partial charge in [-0.2, -0.15) is 0 Å². The van der Waals surface area contributed by atoms with E-state index >= 15 is 14.4 Å². The fourth-order valence-electron chi connectivity index (χ4n) is 24.1. The Morgan fingerprint density at radius 1 is 0.710 bits per heavy atom. The van der Waals surface area contributed by atoms with Crippen LogP contribution in [0.25, 0.3) is 23.1 Å². The Bertz CT molecular complexity index is 4710. The number of fused-ring (bicyclic) bond motifs is 10. The molecule has 11 heteroatoms. The molecule has 0 amide bonds. The molecule has 100 heavy (non-hydrogen) atoms. The van der Waals surface area contributed by atoms with Crippen molar-refractivity contribution in [3.8, 4) is 5.75 Å². The number of carbonyl (C=O) groups excluding carboxylic acids is 2. The van der Waals surface area contributed by atoms with Crippen LogP contribution in [0.1, 0.15) is 227 Å². The van der Waals surface area contributed by atoms with Gasteiger partial charge in [0.1, 0.15) is 11.3 Å². The number of ether oxygens (including phenoxy) is 4. The molecule has 16 aliphatic carbocycles. The van der Waals surface area contributed by atoms with Gasteiger partial charge in [-0.3, -0.25) is 4.79 Å². The average molecular weight is 1340 g/mol. The van der Waals surface area contributed by atoms with Gasteiger partial charge < -0.3 is 38.7 Å². The maximum absolute atomic E-state index is 16.6. The lowest BCUT2D eigenvalue weighted by Crippen LogP contribution is -2.65. The molecule has 4 fully saturated rings. The summed E-state index contributed by atoms with van der Waals surface area (Å²) in [6.45, 7) is 0.782. The first-order valence-electron chi connectivity index (χ1n) is 37.7. The summed E-state index contributed by atoms with van der Waals surface area (Å²) >= 11 is 0. The number of allylic oxidation sites excluding steroid dienone is 4. The number of aliphatic hydroxyl groups excluding tert-OH is 3. The molecule has 5 heterocycles. The van der Waals surface area contributed by atoms with Crippen molar-refractivity contribution in [2.24, 2.45) is 40.9 Å². The third-order valence-electron chi connectivity index (χ3n) is 28.1. The standard InChI is InChI=1S/C89H90O11/c1-49(46-91)69-43-71-58-37-51-16-14-50(15-17-51)36-52-18-19-54-20-24-61-9-5-10-62-25-28-67-65(12-6-13-75(67)89(61,62)76(54)38-52)55-21-26-63-56-22-27-66(71)70(41-56)60(40-58)45-87-33-7-34-88(78(87)44-72-64-11-4-3-8-53(64)23-30-74(72)87)84(99-85(69)94)83(97-79(93)42-59(63)39-55)81-77(100-88)31-29-68-73(47-92)80(86(95)98-82(68)81)57(32-35-90)48-96-2/h3-4,6,8,11-24,26-27,29-31,38,41,55,57-63,71-72,74,78,83-84,90-92H,5,7,9-10,25,28,32-37,39-40,42-48H2,1-2H3. The Kier molecular flexibility index (Phi) is 15.2. The van der Waals surface area contributed by atoms with Gasteiger partial charge in [-0.05, 0) is 252 Å². The first kappa shape index (κ1) is 63.0. The van der Waals surface area contributed by atoms with Gasteiger partial charge in [-0.1, -0.05) is 146 Å². The number of hydrogen-bond donors (Lipinski definition) is 3. The van der Waals surface area contributed by atoms with Crippen LogP contribution in [0.5, 0.6) is 5.75 Å². The molecule has 11 nitrogen and oxygen atoms in total. The number of esters is 2. The number of aliphatic hydroxyl groups is 3. The summed E-state index contributed by atoms with van der Waals surface area (Å²) in [5, 5.41) is 33.9. The van der Waals surface area contributed by atoms with E-state index in [1.807, 2.05) is 19.1 Å². The molecular weight excluding hydrogens is 1240 g/mol. The number of rotatable bonds is 7. The highest BCUT2D eigenvalue weighted by Gasteiger charge is 2.71. The molecule has 3 saturated carbocycles. The smallest absolute Gasteiger partial charge is 0.340 e. The number of benzene rings is 6. The lowest BCUT2D eigenvalue weighted by atomic mass is 9.48. The highest BCUT2D eigenvalue weighted by atomic mass is 16.6. The average Bonchev–Trinajstić information content (AvgIpc) is 1.30. The molecule has 21 bridgehead atoms. The minimum Gasteiger partial charge on any atom is -0.482 e. The van der Waals surface area contributed by atoms with Crippen molar-refractivity contribution in [1.82, 2.24) is 0 Å². The molecule has 20 aliphatic rings. The second-order valence-electron chi connectivity index (χ2n) is 32.5.